The van der Waals surface area contributed by atoms with Gasteiger partial charge in [-0.15, -0.1) is 0 Å². The van der Waals surface area contributed by atoms with E-state index in [1.807, 2.05) is 0 Å². The number of rotatable bonds is 6. The number of aromatic nitrogens is 3. The van der Waals surface area contributed by atoms with Gasteiger partial charge in [-0.05, 0) is 6.08 Å². The topological polar surface area (TPSA) is 94.4 Å². The fourth-order valence-electron chi connectivity index (χ4n) is 4.06. The first-order valence-corrected chi connectivity index (χ1v) is 13.5. The molecule has 1 saturated heterocycles. The average Bonchev–Trinajstić information content (AvgIpc) is 2.86. The van der Waals surface area contributed by atoms with Crippen molar-refractivity contribution in [2.45, 2.75) is 43.7 Å². The van der Waals surface area contributed by atoms with Crippen LogP contribution in [0.25, 0.3) is 5.70 Å². The van der Waals surface area contributed by atoms with E-state index in [0.717, 1.165) is 23.0 Å². The molecule has 0 spiro atoms. The minimum absolute atomic E-state index is 0.0603. The maximum Gasteiger partial charge on any atom is 0.419 e. The Bertz CT molecular complexity index is 1380. The molecule has 1 unspecified atom stereocenters. The number of ether oxygens (including phenoxy) is 1. The molecule has 1 fully saturated rings. The van der Waals surface area contributed by atoms with E-state index in [9.17, 15) is 30.8 Å². The Morgan fingerprint density at radius 2 is 1.84 bits per heavy atom. The van der Waals surface area contributed by atoms with Crippen molar-refractivity contribution in [3.8, 4) is 5.75 Å². The summed E-state index contributed by atoms with van der Waals surface area (Å²) in [6, 6.07) is 1.14. The molecule has 0 bridgehead atoms. The monoisotopic (exact) mass is 562 g/mol. The third-order valence-corrected chi connectivity index (χ3v) is 8.54. The van der Waals surface area contributed by atoms with Crippen LogP contribution < -0.4 is 15.2 Å². The molecule has 8 nitrogen and oxygen atoms in total. The van der Waals surface area contributed by atoms with Gasteiger partial charge in [0.05, 0.1) is 21.5 Å². The molecule has 3 heterocycles. The quantitative estimate of drug-likeness (QED) is 0.486. The minimum atomic E-state index is -4.51. The molecule has 1 aliphatic carbocycles. The third-order valence-electron chi connectivity index (χ3n) is 6.20. The van der Waals surface area contributed by atoms with Crippen LogP contribution in [-0.2, 0) is 16.0 Å². The van der Waals surface area contributed by atoms with Gasteiger partial charge in [0.1, 0.15) is 17.7 Å². The second-order valence-electron chi connectivity index (χ2n) is 8.61. The van der Waals surface area contributed by atoms with E-state index in [0.29, 0.717) is 25.9 Å². The van der Waals surface area contributed by atoms with Crippen LogP contribution in [0.2, 0.25) is 5.02 Å². The smallest absolute Gasteiger partial charge is 0.419 e. The summed E-state index contributed by atoms with van der Waals surface area (Å²) in [7, 11) is -3.48. The van der Waals surface area contributed by atoms with Crippen LogP contribution in [-0.4, -0.2) is 53.1 Å². The van der Waals surface area contributed by atoms with E-state index >= 15 is 0 Å². The molecular weight excluding hydrogens is 540 g/mol. The molecule has 0 saturated carbocycles. The molecular formula is C23H23ClF4N4O4S. The van der Waals surface area contributed by atoms with E-state index in [-0.39, 0.29) is 40.7 Å². The highest BCUT2D eigenvalue weighted by Gasteiger charge is 2.32. The number of anilines is 1. The molecule has 2 aromatic rings. The van der Waals surface area contributed by atoms with Crippen molar-refractivity contribution in [3.63, 3.8) is 0 Å². The van der Waals surface area contributed by atoms with E-state index in [4.69, 9.17) is 16.3 Å². The van der Waals surface area contributed by atoms with Gasteiger partial charge in [-0.3, -0.25) is 9.36 Å². The number of alkyl halides is 3. The van der Waals surface area contributed by atoms with Crippen molar-refractivity contribution in [1.29, 1.82) is 0 Å². The second kappa shape index (κ2) is 10.4. The van der Waals surface area contributed by atoms with Crippen molar-refractivity contribution < 1.29 is 30.7 Å². The minimum Gasteiger partial charge on any atom is -0.488 e. The molecule has 2 aliphatic rings. The predicted molar refractivity (Wildman–Crippen MR) is 130 cm³/mol. The van der Waals surface area contributed by atoms with E-state index in [2.05, 4.69) is 9.97 Å². The largest absolute Gasteiger partial charge is 0.488 e. The van der Waals surface area contributed by atoms with Crippen LogP contribution in [0.3, 0.4) is 0 Å². The van der Waals surface area contributed by atoms with Crippen LogP contribution in [0.15, 0.2) is 47.4 Å². The Morgan fingerprint density at radius 1 is 1.19 bits per heavy atom. The van der Waals surface area contributed by atoms with Gasteiger partial charge >= 0.3 is 6.18 Å². The average molecular weight is 563 g/mol. The number of piperidine rings is 1. The lowest BCUT2D eigenvalue weighted by atomic mass is 10.1. The molecule has 14 heteroatoms. The van der Waals surface area contributed by atoms with Gasteiger partial charge in [-0.1, -0.05) is 24.6 Å². The normalized spacial score (nSPS) is 19.4. The van der Waals surface area contributed by atoms with Gasteiger partial charge in [0.25, 0.3) is 5.56 Å². The van der Waals surface area contributed by atoms with Crippen LogP contribution in [0, 0.1) is 0 Å². The third kappa shape index (κ3) is 5.98. The number of pyridine rings is 1. The SMILES string of the molecule is CCS(=O)(=O)C1C=CC(n2cc(Cl)c(OC3CCN(c4ncc(C(F)(F)F)cn4)CC3)cc2=O)=C(F)C1. The highest BCUT2D eigenvalue weighted by Crippen LogP contribution is 2.32. The fourth-order valence-corrected chi connectivity index (χ4v) is 5.41. The maximum absolute atomic E-state index is 14.8. The summed E-state index contributed by atoms with van der Waals surface area (Å²) in [5.41, 5.74) is -1.63. The fraction of sp³-hybridized carbons (Fsp3) is 0.435. The molecule has 4 rings (SSSR count). The standard InChI is InChI=1S/C23H23ClF4N4O4S/c1-2-37(34,35)16-3-4-19(18(25)9-16)32-13-17(24)20(10-21(32)33)36-15-5-7-31(8-6-15)22-29-11-14(12-30-22)23(26,27)28/h3-4,10-13,15-16H,2,5-9H2,1H3. The number of nitrogens with zero attached hydrogens (tertiary/aromatic N) is 4. The molecule has 200 valence electrons. The number of hydrogen-bond donors (Lipinski definition) is 0. The zero-order chi connectivity index (χ0) is 27.0. The molecule has 0 amide bonds. The molecule has 1 atom stereocenters. The molecule has 37 heavy (non-hydrogen) atoms. The summed E-state index contributed by atoms with van der Waals surface area (Å²) in [6.45, 7) is 2.31. The van der Waals surface area contributed by atoms with Crippen molar-refractivity contribution in [2.75, 3.05) is 23.7 Å². The zero-order valence-corrected chi connectivity index (χ0v) is 21.2. The van der Waals surface area contributed by atoms with Crippen LogP contribution in [0.4, 0.5) is 23.5 Å². The Kier molecular flexibility index (Phi) is 7.65. The van der Waals surface area contributed by atoms with E-state index in [1.54, 1.807) is 4.90 Å². The van der Waals surface area contributed by atoms with E-state index < -0.39 is 38.2 Å². The highest BCUT2D eigenvalue weighted by atomic mass is 35.5. The number of allylic oxidation sites excluding steroid dienone is 3. The van der Waals surface area contributed by atoms with Crippen molar-refractivity contribution in [2.24, 2.45) is 0 Å². The van der Waals surface area contributed by atoms with Crippen LogP contribution in [0.5, 0.6) is 5.75 Å². The molecule has 0 aromatic carbocycles. The Labute approximate surface area is 215 Å². The predicted octanol–water partition coefficient (Wildman–Crippen LogP) is 4.26. The van der Waals surface area contributed by atoms with Crippen LogP contribution in [0.1, 0.15) is 31.7 Å². The lowest BCUT2D eigenvalue weighted by molar-refractivity contribution is -0.138. The lowest BCUT2D eigenvalue weighted by Gasteiger charge is -2.32. The summed E-state index contributed by atoms with van der Waals surface area (Å²) in [5.74, 6) is -0.580. The maximum atomic E-state index is 14.8. The van der Waals surface area contributed by atoms with Gasteiger partial charge in [0, 0.05) is 62.8 Å². The van der Waals surface area contributed by atoms with Crippen molar-refractivity contribution in [1.82, 2.24) is 14.5 Å². The second-order valence-corrected chi connectivity index (χ2v) is 11.5. The molecule has 2 aromatic heterocycles. The number of halogens is 5. The van der Waals surface area contributed by atoms with Crippen molar-refractivity contribution in [3.05, 3.63) is 63.6 Å². The summed E-state index contributed by atoms with van der Waals surface area (Å²) in [6.07, 6.45) is 1.04. The summed E-state index contributed by atoms with van der Waals surface area (Å²) >= 11 is 6.32. The number of hydrogen-bond acceptors (Lipinski definition) is 7. The Morgan fingerprint density at radius 3 is 2.41 bits per heavy atom. The number of sulfone groups is 1. The van der Waals surface area contributed by atoms with Gasteiger partial charge in [-0.2, -0.15) is 13.2 Å². The summed E-state index contributed by atoms with van der Waals surface area (Å²) < 4.78 is 83.9. The summed E-state index contributed by atoms with van der Waals surface area (Å²) in [5, 5.41) is -0.932. The first-order chi connectivity index (χ1) is 17.4. The Balaban J connectivity index is 1.41. The Hall–Kier alpha value is -2.93. The van der Waals surface area contributed by atoms with Crippen molar-refractivity contribution >= 4 is 33.1 Å². The lowest BCUT2D eigenvalue weighted by Crippen LogP contribution is -2.39. The first kappa shape index (κ1) is 27.1. The first-order valence-electron chi connectivity index (χ1n) is 11.4. The van der Waals surface area contributed by atoms with Gasteiger partial charge < -0.3 is 9.64 Å². The van der Waals surface area contributed by atoms with Gasteiger partial charge in [0.2, 0.25) is 5.95 Å². The van der Waals surface area contributed by atoms with Crippen LogP contribution >= 0.6 is 11.6 Å². The highest BCUT2D eigenvalue weighted by molar-refractivity contribution is 7.92. The zero-order valence-electron chi connectivity index (χ0n) is 19.6. The molecule has 1 aliphatic heterocycles. The van der Waals surface area contributed by atoms with E-state index in [1.165, 1.54) is 25.3 Å². The van der Waals surface area contributed by atoms with Gasteiger partial charge in [0.15, 0.2) is 9.84 Å². The summed E-state index contributed by atoms with van der Waals surface area (Å²) in [4.78, 5) is 22.1. The molecule has 0 N–H and O–H groups in total. The molecule has 0 radical (unpaired) electrons. The van der Waals surface area contributed by atoms with Gasteiger partial charge in [-0.25, -0.2) is 22.8 Å².